The van der Waals surface area contributed by atoms with Crippen LogP contribution in [-0.4, -0.2) is 30.8 Å². The highest BCUT2D eigenvalue weighted by Crippen LogP contribution is 2.40. The SMILES string of the molecule is Cc1cc2c(-c3ccc(Cl)cc3F)nc([C@H]3C[C@@H](C)O[C@H](c4cnn(C)c4)C3)nc2nc1C. The molecule has 4 aromatic rings. The highest BCUT2D eigenvalue weighted by molar-refractivity contribution is 6.30. The number of aryl methyl sites for hydroxylation is 3. The molecule has 3 atom stereocenters. The number of aromatic nitrogens is 5. The molecule has 1 aromatic carbocycles. The fourth-order valence-corrected chi connectivity index (χ4v) is 4.67. The molecule has 0 bridgehead atoms. The van der Waals surface area contributed by atoms with E-state index in [1.165, 1.54) is 6.07 Å². The van der Waals surface area contributed by atoms with Crippen LogP contribution in [0.5, 0.6) is 0 Å². The van der Waals surface area contributed by atoms with Gasteiger partial charge in [0.1, 0.15) is 11.6 Å². The zero-order chi connectivity index (χ0) is 23.3. The van der Waals surface area contributed by atoms with E-state index in [9.17, 15) is 4.39 Å². The van der Waals surface area contributed by atoms with Gasteiger partial charge in [0.15, 0.2) is 5.65 Å². The Balaban J connectivity index is 1.64. The van der Waals surface area contributed by atoms with Crippen LogP contribution in [0.3, 0.4) is 0 Å². The Hall–Kier alpha value is -2.90. The first-order valence-corrected chi connectivity index (χ1v) is 11.4. The van der Waals surface area contributed by atoms with Crippen molar-refractivity contribution in [2.75, 3.05) is 0 Å². The van der Waals surface area contributed by atoms with Gasteiger partial charge in [0.25, 0.3) is 0 Å². The normalized spacial score (nSPS) is 21.0. The van der Waals surface area contributed by atoms with E-state index in [-0.39, 0.29) is 18.1 Å². The van der Waals surface area contributed by atoms with Crippen LogP contribution in [0.15, 0.2) is 36.7 Å². The number of benzene rings is 1. The number of pyridine rings is 1. The number of hydrogen-bond donors (Lipinski definition) is 0. The maximum Gasteiger partial charge on any atom is 0.163 e. The van der Waals surface area contributed by atoms with Gasteiger partial charge in [0.2, 0.25) is 0 Å². The van der Waals surface area contributed by atoms with Crippen LogP contribution in [0.1, 0.15) is 54.4 Å². The average molecular weight is 466 g/mol. The Morgan fingerprint density at radius 2 is 1.94 bits per heavy atom. The summed E-state index contributed by atoms with van der Waals surface area (Å²) in [6, 6.07) is 6.64. The molecular formula is C25H25ClFN5O. The van der Waals surface area contributed by atoms with Gasteiger partial charge in [-0.05, 0) is 63.4 Å². The molecule has 1 saturated heterocycles. The van der Waals surface area contributed by atoms with Crippen LogP contribution in [-0.2, 0) is 11.8 Å². The summed E-state index contributed by atoms with van der Waals surface area (Å²) in [6.45, 7) is 5.99. The van der Waals surface area contributed by atoms with Crippen molar-refractivity contribution >= 4 is 22.6 Å². The van der Waals surface area contributed by atoms with E-state index < -0.39 is 5.82 Å². The second-order valence-electron chi connectivity index (χ2n) is 8.87. The van der Waals surface area contributed by atoms with Crippen molar-refractivity contribution in [2.24, 2.45) is 7.05 Å². The molecule has 8 heteroatoms. The van der Waals surface area contributed by atoms with E-state index in [1.807, 2.05) is 39.4 Å². The lowest BCUT2D eigenvalue weighted by Crippen LogP contribution is -2.26. The van der Waals surface area contributed by atoms with Crippen LogP contribution in [0, 0.1) is 19.7 Å². The first-order valence-electron chi connectivity index (χ1n) is 11.0. The number of fused-ring (bicyclic) bond motifs is 1. The average Bonchev–Trinajstić information content (AvgIpc) is 3.20. The van der Waals surface area contributed by atoms with Crippen LogP contribution in [0.4, 0.5) is 4.39 Å². The molecule has 0 aliphatic carbocycles. The van der Waals surface area contributed by atoms with Crippen LogP contribution in [0.25, 0.3) is 22.3 Å². The molecule has 3 aromatic heterocycles. The Morgan fingerprint density at radius 3 is 2.67 bits per heavy atom. The van der Waals surface area contributed by atoms with E-state index >= 15 is 0 Å². The minimum atomic E-state index is -0.416. The summed E-state index contributed by atoms with van der Waals surface area (Å²) >= 11 is 6.01. The van der Waals surface area contributed by atoms with Gasteiger partial charge in [0, 0.05) is 46.4 Å². The number of halogens is 2. The quantitative estimate of drug-likeness (QED) is 0.379. The third-order valence-corrected chi connectivity index (χ3v) is 6.54. The minimum Gasteiger partial charge on any atom is -0.370 e. The van der Waals surface area contributed by atoms with Gasteiger partial charge in [-0.3, -0.25) is 4.68 Å². The van der Waals surface area contributed by atoms with E-state index in [0.29, 0.717) is 27.8 Å². The van der Waals surface area contributed by atoms with Crippen molar-refractivity contribution < 1.29 is 9.13 Å². The molecule has 5 rings (SSSR count). The van der Waals surface area contributed by atoms with Gasteiger partial charge in [-0.2, -0.15) is 5.10 Å². The smallest absolute Gasteiger partial charge is 0.163 e. The van der Waals surface area contributed by atoms with Crippen molar-refractivity contribution in [3.63, 3.8) is 0 Å². The zero-order valence-electron chi connectivity index (χ0n) is 19.0. The molecule has 6 nitrogen and oxygen atoms in total. The van der Waals surface area contributed by atoms with Crippen molar-refractivity contribution in [3.05, 3.63) is 70.1 Å². The predicted molar refractivity (Wildman–Crippen MR) is 126 cm³/mol. The summed E-state index contributed by atoms with van der Waals surface area (Å²) in [6.07, 6.45) is 5.23. The van der Waals surface area contributed by atoms with Crippen LogP contribution < -0.4 is 0 Å². The summed E-state index contributed by atoms with van der Waals surface area (Å²) in [5, 5.41) is 5.36. The number of hydrogen-bond acceptors (Lipinski definition) is 5. The molecule has 0 radical (unpaired) electrons. The molecule has 0 amide bonds. The summed E-state index contributed by atoms with van der Waals surface area (Å²) in [5.74, 6) is 0.285. The summed E-state index contributed by atoms with van der Waals surface area (Å²) < 4.78 is 23.0. The van der Waals surface area contributed by atoms with Gasteiger partial charge >= 0.3 is 0 Å². The highest BCUT2D eigenvalue weighted by atomic mass is 35.5. The standard InChI is InChI=1S/C25H25ClFN5O/c1-13-7-20-23(19-6-5-18(26)10-21(19)27)30-24(31-25(20)29-15(13)3)16-8-14(2)33-22(9-16)17-11-28-32(4)12-17/h5-7,10-12,14,16,22H,8-9H2,1-4H3/t14-,16+,22+/m1/s1. The van der Waals surface area contributed by atoms with E-state index in [2.05, 4.69) is 12.0 Å². The molecule has 0 spiro atoms. The molecule has 1 fully saturated rings. The van der Waals surface area contributed by atoms with Crippen molar-refractivity contribution in [1.82, 2.24) is 24.7 Å². The fraction of sp³-hybridized carbons (Fsp3) is 0.360. The Kier molecular flexibility index (Phi) is 5.62. The lowest BCUT2D eigenvalue weighted by atomic mass is 9.89. The fourth-order valence-electron chi connectivity index (χ4n) is 4.51. The molecule has 0 saturated carbocycles. The second-order valence-corrected chi connectivity index (χ2v) is 9.30. The van der Waals surface area contributed by atoms with Gasteiger partial charge in [0.05, 0.1) is 24.1 Å². The molecule has 170 valence electrons. The van der Waals surface area contributed by atoms with Crippen LogP contribution >= 0.6 is 11.6 Å². The summed E-state index contributed by atoms with van der Waals surface area (Å²) in [7, 11) is 1.89. The predicted octanol–water partition coefficient (Wildman–Crippen LogP) is 5.86. The lowest BCUT2D eigenvalue weighted by molar-refractivity contribution is -0.0511. The number of ether oxygens (including phenoxy) is 1. The van der Waals surface area contributed by atoms with Crippen LogP contribution in [0.2, 0.25) is 5.02 Å². The monoisotopic (exact) mass is 465 g/mol. The Labute approximate surface area is 196 Å². The molecule has 0 N–H and O–H groups in total. The second kappa shape index (κ2) is 8.47. The van der Waals surface area contributed by atoms with Crippen molar-refractivity contribution in [2.45, 2.75) is 51.7 Å². The molecule has 33 heavy (non-hydrogen) atoms. The Morgan fingerprint density at radius 1 is 1.12 bits per heavy atom. The topological polar surface area (TPSA) is 65.7 Å². The maximum atomic E-state index is 15.0. The molecule has 1 aliphatic rings. The number of nitrogens with zero attached hydrogens (tertiary/aromatic N) is 5. The first-order chi connectivity index (χ1) is 15.8. The van der Waals surface area contributed by atoms with E-state index in [4.69, 9.17) is 31.3 Å². The lowest BCUT2D eigenvalue weighted by Gasteiger charge is -2.33. The van der Waals surface area contributed by atoms with E-state index in [1.54, 1.807) is 16.8 Å². The van der Waals surface area contributed by atoms with Gasteiger partial charge in [-0.25, -0.2) is 19.3 Å². The van der Waals surface area contributed by atoms with Gasteiger partial charge < -0.3 is 4.74 Å². The first kappa shape index (κ1) is 21.9. The highest BCUT2D eigenvalue weighted by Gasteiger charge is 2.32. The van der Waals surface area contributed by atoms with Crippen molar-refractivity contribution in [1.29, 1.82) is 0 Å². The third kappa shape index (κ3) is 4.23. The molecule has 4 heterocycles. The molecule has 0 unspecified atom stereocenters. The van der Waals surface area contributed by atoms with Gasteiger partial charge in [-0.15, -0.1) is 0 Å². The Bertz CT molecular complexity index is 1350. The summed E-state index contributed by atoms with van der Waals surface area (Å²) in [5.41, 5.74) is 4.43. The third-order valence-electron chi connectivity index (χ3n) is 6.31. The van der Waals surface area contributed by atoms with Gasteiger partial charge in [-0.1, -0.05) is 11.6 Å². The van der Waals surface area contributed by atoms with E-state index in [0.717, 1.165) is 35.0 Å². The largest absolute Gasteiger partial charge is 0.370 e. The minimum absolute atomic E-state index is 0.0247. The summed E-state index contributed by atoms with van der Waals surface area (Å²) in [4.78, 5) is 14.5. The number of rotatable bonds is 3. The molecular weight excluding hydrogens is 441 g/mol. The molecule has 1 aliphatic heterocycles. The van der Waals surface area contributed by atoms with Crippen molar-refractivity contribution in [3.8, 4) is 11.3 Å². The maximum absolute atomic E-state index is 15.0. The zero-order valence-corrected chi connectivity index (χ0v) is 19.8.